The predicted octanol–water partition coefficient (Wildman–Crippen LogP) is 2.98. The number of rotatable bonds is 5. The molecular weight excluding hydrogens is 302 g/mol. The van der Waals surface area contributed by atoms with Gasteiger partial charge in [0.15, 0.2) is 0 Å². The van der Waals surface area contributed by atoms with Crippen LogP contribution >= 0.6 is 11.6 Å². The van der Waals surface area contributed by atoms with Crippen molar-refractivity contribution in [3.8, 4) is 5.75 Å². The van der Waals surface area contributed by atoms with Crippen LogP contribution in [0.25, 0.3) is 0 Å². The second kappa shape index (κ2) is 7.58. The third-order valence-corrected chi connectivity index (χ3v) is 4.28. The highest BCUT2D eigenvalue weighted by atomic mass is 35.5. The minimum absolute atomic E-state index is 0.00918. The minimum atomic E-state index is 0.00918. The van der Waals surface area contributed by atoms with Crippen molar-refractivity contribution in [1.82, 2.24) is 10.2 Å². The number of nitrogens with zero attached hydrogens (tertiary/aromatic N) is 2. The van der Waals surface area contributed by atoms with Gasteiger partial charge >= 0.3 is 6.03 Å². The molecule has 0 aromatic heterocycles. The van der Waals surface area contributed by atoms with Crippen LogP contribution in [0.3, 0.4) is 0 Å². The molecule has 0 radical (unpaired) electrons. The van der Waals surface area contributed by atoms with E-state index in [-0.39, 0.29) is 12.1 Å². The molecule has 122 valence electrons. The van der Waals surface area contributed by atoms with Crippen molar-refractivity contribution in [1.29, 1.82) is 0 Å². The molecule has 1 aromatic carbocycles. The summed E-state index contributed by atoms with van der Waals surface area (Å²) >= 11 is 6.09. The molecule has 0 unspecified atom stereocenters. The van der Waals surface area contributed by atoms with Crippen LogP contribution in [0, 0.1) is 0 Å². The summed E-state index contributed by atoms with van der Waals surface area (Å²) in [6.07, 6.45) is 0.919. The lowest BCUT2D eigenvalue weighted by Crippen LogP contribution is -2.45. The van der Waals surface area contributed by atoms with E-state index < -0.39 is 0 Å². The summed E-state index contributed by atoms with van der Waals surface area (Å²) in [6, 6.07) is 5.76. The van der Waals surface area contributed by atoms with E-state index in [0.717, 1.165) is 44.0 Å². The number of anilines is 1. The first-order valence-corrected chi connectivity index (χ1v) is 8.10. The van der Waals surface area contributed by atoms with Gasteiger partial charge in [0.1, 0.15) is 5.75 Å². The molecular formula is C16H24ClN3O2. The van der Waals surface area contributed by atoms with Gasteiger partial charge in [0.25, 0.3) is 0 Å². The molecule has 1 atom stereocenters. The summed E-state index contributed by atoms with van der Waals surface area (Å²) < 4.78 is 5.41. The summed E-state index contributed by atoms with van der Waals surface area (Å²) in [5.74, 6) is 0.806. The van der Waals surface area contributed by atoms with Crippen molar-refractivity contribution in [2.24, 2.45) is 0 Å². The Hall–Kier alpha value is -1.62. The number of halogens is 1. The lowest BCUT2D eigenvalue weighted by molar-refractivity contribution is 0.200. The quantitative estimate of drug-likeness (QED) is 0.905. The van der Waals surface area contributed by atoms with Crippen LogP contribution < -0.4 is 15.0 Å². The molecule has 2 rings (SSSR count). The fourth-order valence-corrected chi connectivity index (χ4v) is 2.95. The Kier molecular flexibility index (Phi) is 5.77. The summed E-state index contributed by atoms with van der Waals surface area (Å²) in [5.41, 5.74) is 0.981. The highest BCUT2D eigenvalue weighted by Gasteiger charge is 2.27. The molecule has 1 fully saturated rings. The lowest BCUT2D eigenvalue weighted by atomic mass is 10.2. The maximum absolute atomic E-state index is 12.1. The average Bonchev–Trinajstić information content (AvgIpc) is 2.96. The number of ether oxygens (including phenoxy) is 1. The van der Waals surface area contributed by atoms with Gasteiger partial charge in [-0.1, -0.05) is 11.6 Å². The van der Waals surface area contributed by atoms with E-state index in [1.54, 1.807) is 12.0 Å². The Morgan fingerprint density at radius 3 is 2.82 bits per heavy atom. The number of methoxy groups -OCH3 is 1. The van der Waals surface area contributed by atoms with E-state index in [2.05, 4.69) is 10.2 Å². The number of urea groups is 1. The molecule has 6 heteroatoms. The zero-order valence-electron chi connectivity index (χ0n) is 13.4. The van der Waals surface area contributed by atoms with Crippen LogP contribution in [0.4, 0.5) is 10.5 Å². The molecule has 1 aromatic rings. The Bertz CT molecular complexity index is 520. The van der Waals surface area contributed by atoms with Crippen molar-refractivity contribution < 1.29 is 9.53 Å². The number of benzene rings is 1. The molecule has 1 aliphatic rings. The molecule has 0 spiro atoms. The maximum Gasteiger partial charge on any atom is 0.317 e. The van der Waals surface area contributed by atoms with Crippen LogP contribution in [0.1, 0.15) is 20.3 Å². The minimum Gasteiger partial charge on any atom is -0.495 e. The van der Waals surface area contributed by atoms with Crippen molar-refractivity contribution in [2.45, 2.75) is 26.3 Å². The van der Waals surface area contributed by atoms with Crippen molar-refractivity contribution in [3.05, 3.63) is 23.2 Å². The molecule has 0 bridgehead atoms. The summed E-state index contributed by atoms with van der Waals surface area (Å²) in [7, 11) is 1.66. The number of nitrogens with one attached hydrogen (secondary N) is 1. The van der Waals surface area contributed by atoms with Gasteiger partial charge in [-0.3, -0.25) is 0 Å². The van der Waals surface area contributed by atoms with E-state index in [1.165, 1.54) is 0 Å². The number of carbonyl (C=O) groups excluding carboxylic acids is 1. The Balaban J connectivity index is 2.01. The Morgan fingerprint density at radius 2 is 2.18 bits per heavy atom. The lowest BCUT2D eigenvalue weighted by Gasteiger charge is -2.24. The average molecular weight is 326 g/mol. The normalized spacial score (nSPS) is 17.5. The summed E-state index contributed by atoms with van der Waals surface area (Å²) in [5, 5.41) is 3.79. The summed E-state index contributed by atoms with van der Waals surface area (Å²) in [6.45, 7) is 7.06. The van der Waals surface area contributed by atoms with Crippen LogP contribution in [-0.4, -0.2) is 50.3 Å². The highest BCUT2D eigenvalue weighted by molar-refractivity contribution is 6.30. The monoisotopic (exact) mass is 325 g/mol. The third-order valence-electron chi connectivity index (χ3n) is 4.05. The van der Waals surface area contributed by atoms with Crippen molar-refractivity contribution >= 4 is 23.3 Å². The first-order valence-electron chi connectivity index (χ1n) is 7.73. The fourth-order valence-electron chi connectivity index (χ4n) is 2.78. The van der Waals surface area contributed by atoms with Gasteiger partial charge in [0.05, 0.1) is 12.8 Å². The number of carbonyl (C=O) groups is 1. The Morgan fingerprint density at radius 1 is 1.45 bits per heavy atom. The van der Waals surface area contributed by atoms with Gasteiger partial charge in [0.2, 0.25) is 0 Å². The molecule has 22 heavy (non-hydrogen) atoms. The second-order valence-corrected chi connectivity index (χ2v) is 5.81. The smallest absolute Gasteiger partial charge is 0.317 e. The van der Waals surface area contributed by atoms with E-state index in [0.29, 0.717) is 5.02 Å². The largest absolute Gasteiger partial charge is 0.495 e. The maximum atomic E-state index is 12.1. The van der Waals surface area contributed by atoms with E-state index >= 15 is 0 Å². The van der Waals surface area contributed by atoms with Crippen LogP contribution in [0.15, 0.2) is 18.2 Å². The summed E-state index contributed by atoms with van der Waals surface area (Å²) in [4.78, 5) is 16.1. The predicted molar refractivity (Wildman–Crippen MR) is 90.1 cm³/mol. The standard InChI is InChI=1S/C16H24ClN3O2/c1-4-19(5-2)16(21)18-13-8-9-20(11-13)14-10-12(17)6-7-15(14)22-3/h6-7,10,13H,4-5,8-9,11H2,1-3H3,(H,18,21)/t13-/m0/s1. The van der Waals surface area contributed by atoms with Gasteiger partial charge in [-0.25, -0.2) is 4.79 Å². The highest BCUT2D eigenvalue weighted by Crippen LogP contribution is 2.33. The molecule has 1 aliphatic heterocycles. The fraction of sp³-hybridized carbons (Fsp3) is 0.562. The molecule has 0 aliphatic carbocycles. The van der Waals surface area contributed by atoms with Gasteiger partial charge in [0, 0.05) is 37.2 Å². The van der Waals surface area contributed by atoms with Gasteiger partial charge in [-0.05, 0) is 38.5 Å². The zero-order chi connectivity index (χ0) is 16.1. The third kappa shape index (κ3) is 3.77. The van der Waals surface area contributed by atoms with Crippen LogP contribution in [0.2, 0.25) is 5.02 Å². The molecule has 2 amide bonds. The second-order valence-electron chi connectivity index (χ2n) is 5.37. The first-order chi connectivity index (χ1) is 10.6. The molecule has 5 nitrogen and oxygen atoms in total. The van der Waals surface area contributed by atoms with Crippen molar-refractivity contribution in [2.75, 3.05) is 38.2 Å². The molecule has 1 saturated heterocycles. The topological polar surface area (TPSA) is 44.8 Å². The van der Waals surface area contributed by atoms with Gasteiger partial charge in [-0.15, -0.1) is 0 Å². The molecule has 0 saturated carbocycles. The van der Waals surface area contributed by atoms with Gasteiger partial charge < -0.3 is 19.9 Å². The number of amides is 2. The molecule has 1 N–H and O–H groups in total. The Labute approximate surface area is 137 Å². The number of hydrogen-bond donors (Lipinski definition) is 1. The first kappa shape index (κ1) is 16.7. The van der Waals surface area contributed by atoms with E-state index in [1.807, 2.05) is 32.0 Å². The van der Waals surface area contributed by atoms with Crippen molar-refractivity contribution in [3.63, 3.8) is 0 Å². The zero-order valence-corrected chi connectivity index (χ0v) is 14.2. The number of hydrogen-bond acceptors (Lipinski definition) is 3. The van der Waals surface area contributed by atoms with Crippen LogP contribution in [-0.2, 0) is 0 Å². The van der Waals surface area contributed by atoms with E-state index in [4.69, 9.17) is 16.3 Å². The molecule has 1 heterocycles. The van der Waals surface area contributed by atoms with Crippen LogP contribution in [0.5, 0.6) is 5.75 Å². The van der Waals surface area contributed by atoms with Gasteiger partial charge in [-0.2, -0.15) is 0 Å². The SMILES string of the molecule is CCN(CC)C(=O)N[C@H]1CCN(c2cc(Cl)ccc2OC)C1. The van der Waals surface area contributed by atoms with E-state index in [9.17, 15) is 4.79 Å².